The molecule has 3 rings (SSSR count). The summed E-state index contributed by atoms with van der Waals surface area (Å²) in [5, 5.41) is 4.25. The van der Waals surface area contributed by atoms with Crippen LogP contribution < -0.4 is 4.74 Å². The number of methoxy groups -OCH3 is 1. The molecule has 0 aliphatic carbocycles. The van der Waals surface area contributed by atoms with Gasteiger partial charge in [-0.25, -0.2) is 0 Å². The molecule has 0 N–H and O–H groups in total. The predicted molar refractivity (Wildman–Crippen MR) is 106 cm³/mol. The van der Waals surface area contributed by atoms with E-state index in [1.165, 1.54) is 0 Å². The lowest BCUT2D eigenvalue weighted by Gasteiger charge is -2.22. The highest BCUT2D eigenvalue weighted by molar-refractivity contribution is 5.92. The minimum absolute atomic E-state index is 0.0179. The number of ether oxygens (including phenoxy) is 1. The Labute approximate surface area is 165 Å². The van der Waals surface area contributed by atoms with Crippen molar-refractivity contribution < 1.29 is 14.3 Å². The Kier molecular flexibility index (Phi) is 6.34. The highest BCUT2D eigenvalue weighted by atomic mass is 16.5. The van der Waals surface area contributed by atoms with Gasteiger partial charge < -0.3 is 14.5 Å². The number of carbonyl (C=O) groups is 2. The summed E-state index contributed by atoms with van der Waals surface area (Å²) >= 11 is 0. The lowest BCUT2D eigenvalue weighted by Crippen LogP contribution is -2.38. The lowest BCUT2D eigenvalue weighted by molar-refractivity contribution is -0.131. The van der Waals surface area contributed by atoms with Gasteiger partial charge in [-0.2, -0.15) is 5.10 Å². The molecule has 28 heavy (non-hydrogen) atoms. The summed E-state index contributed by atoms with van der Waals surface area (Å²) in [6.07, 6.45) is 1.97. The monoisotopic (exact) mass is 384 g/mol. The Bertz CT molecular complexity index is 829. The minimum Gasteiger partial charge on any atom is -0.497 e. The molecule has 2 amide bonds. The van der Waals surface area contributed by atoms with Crippen LogP contribution in [0.4, 0.5) is 0 Å². The molecule has 0 radical (unpaired) electrons. The molecule has 1 aliphatic rings. The maximum atomic E-state index is 12.8. The number of aromatic nitrogens is 2. The first-order chi connectivity index (χ1) is 13.5. The predicted octanol–water partition coefficient (Wildman–Crippen LogP) is 2.04. The molecule has 1 aromatic heterocycles. The van der Waals surface area contributed by atoms with Gasteiger partial charge in [-0.15, -0.1) is 0 Å². The van der Waals surface area contributed by atoms with Crippen LogP contribution in [0, 0.1) is 6.92 Å². The van der Waals surface area contributed by atoms with E-state index in [4.69, 9.17) is 4.74 Å². The standard InChI is InChI=1S/C21H28N4O3/c1-16-15-19(23(2)22-16)21(27)25-12-4-11-24(13-14-25)20(26)10-7-17-5-8-18(28-3)9-6-17/h5-6,8-9,15H,4,7,10-14H2,1-3H3. The Hall–Kier alpha value is -2.83. The SMILES string of the molecule is COc1ccc(CCC(=O)N2CCCN(C(=O)c3cc(C)nn3C)CC2)cc1. The molecular formula is C21H28N4O3. The van der Waals surface area contributed by atoms with E-state index in [0.29, 0.717) is 44.7 Å². The zero-order valence-electron chi connectivity index (χ0n) is 16.9. The average Bonchev–Trinajstić information content (AvgIpc) is 2.89. The van der Waals surface area contributed by atoms with Crippen LogP contribution in [0.1, 0.15) is 34.6 Å². The quantitative estimate of drug-likeness (QED) is 0.791. The first kappa shape index (κ1) is 19.9. The van der Waals surface area contributed by atoms with E-state index in [0.717, 1.165) is 23.4 Å². The topological polar surface area (TPSA) is 67.7 Å². The van der Waals surface area contributed by atoms with E-state index in [1.807, 2.05) is 47.1 Å². The maximum absolute atomic E-state index is 12.8. The van der Waals surface area contributed by atoms with Crippen LogP contribution in [0.25, 0.3) is 0 Å². The number of rotatable bonds is 5. The van der Waals surface area contributed by atoms with Crippen LogP contribution in [0.3, 0.4) is 0 Å². The van der Waals surface area contributed by atoms with Gasteiger partial charge in [0.05, 0.1) is 12.8 Å². The number of nitrogens with zero attached hydrogens (tertiary/aromatic N) is 4. The van der Waals surface area contributed by atoms with E-state index < -0.39 is 0 Å². The number of carbonyl (C=O) groups excluding carboxylic acids is 2. The van der Waals surface area contributed by atoms with Crippen LogP contribution in [0.5, 0.6) is 5.75 Å². The van der Waals surface area contributed by atoms with Crippen molar-refractivity contribution in [3.05, 3.63) is 47.3 Å². The van der Waals surface area contributed by atoms with Crippen LogP contribution in [-0.4, -0.2) is 64.7 Å². The third-order valence-corrected chi connectivity index (χ3v) is 5.14. The number of benzene rings is 1. The van der Waals surface area contributed by atoms with E-state index >= 15 is 0 Å². The molecule has 0 saturated carbocycles. The second-order valence-corrected chi connectivity index (χ2v) is 7.17. The second kappa shape index (κ2) is 8.91. The van der Waals surface area contributed by atoms with Gasteiger partial charge in [0.15, 0.2) is 0 Å². The summed E-state index contributed by atoms with van der Waals surface area (Å²) in [7, 11) is 3.43. The zero-order valence-corrected chi connectivity index (χ0v) is 16.9. The fraction of sp³-hybridized carbons (Fsp3) is 0.476. The molecule has 2 heterocycles. The molecular weight excluding hydrogens is 356 g/mol. The van der Waals surface area contributed by atoms with Crippen molar-refractivity contribution in [2.24, 2.45) is 7.05 Å². The van der Waals surface area contributed by atoms with E-state index in [1.54, 1.807) is 18.8 Å². The summed E-state index contributed by atoms with van der Waals surface area (Å²) in [5.74, 6) is 0.938. The first-order valence-electron chi connectivity index (χ1n) is 9.68. The summed E-state index contributed by atoms with van der Waals surface area (Å²) in [6, 6.07) is 9.62. The lowest BCUT2D eigenvalue weighted by atomic mass is 10.1. The molecule has 1 aromatic carbocycles. The van der Waals surface area contributed by atoms with Crippen molar-refractivity contribution in [2.45, 2.75) is 26.2 Å². The zero-order chi connectivity index (χ0) is 20.1. The Balaban J connectivity index is 1.53. The molecule has 150 valence electrons. The van der Waals surface area contributed by atoms with Gasteiger partial charge in [0.1, 0.15) is 11.4 Å². The Morgan fingerprint density at radius 3 is 2.39 bits per heavy atom. The minimum atomic E-state index is -0.0179. The van der Waals surface area contributed by atoms with Crippen molar-refractivity contribution in [2.75, 3.05) is 33.3 Å². The number of hydrogen-bond donors (Lipinski definition) is 0. The highest BCUT2D eigenvalue weighted by Crippen LogP contribution is 2.14. The van der Waals surface area contributed by atoms with Gasteiger partial charge in [-0.05, 0) is 43.5 Å². The summed E-state index contributed by atoms with van der Waals surface area (Å²) in [4.78, 5) is 29.1. The van der Waals surface area contributed by atoms with Crippen LogP contribution in [0.2, 0.25) is 0 Å². The van der Waals surface area contributed by atoms with Crippen LogP contribution in [0.15, 0.2) is 30.3 Å². The molecule has 1 saturated heterocycles. The van der Waals surface area contributed by atoms with Gasteiger partial charge in [-0.1, -0.05) is 12.1 Å². The molecule has 1 aliphatic heterocycles. The largest absolute Gasteiger partial charge is 0.497 e. The van der Waals surface area contributed by atoms with Crippen LogP contribution in [-0.2, 0) is 18.3 Å². The van der Waals surface area contributed by atoms with Crippen molar-refractivity contribution >= 4 is 11.8 Å². The van der Waals surface area contributed by atoms with Crippen molar-refractivity contribution in [3.63, 3.8) is 0 Å². The van der Waals surface area contributed by atoms with E-state index in [9.17, 15) is 9.59 Å². The summed E-state index contributed by atoms with van der Waals surface area (Å²) < 4.78 is 6.79. The molecule has 0 unspecified atom stereocenters. The van der Waals surface area contributed by atoms with Gasteiger partial charge in [0.2, 0.25) is 5.91 Å². The molecule has 1 fully saturated rings. The number of aryl methyl sites for hydroxylation is 3. The molecule has 2 aromatic rings. The normalized spacial score (nSPS) is 14.7. The molecule has 0 atom stereocenters. The number of amides is 2. The first-order valence-corrected chi connectivity index (χ1v) is 9.68. The van der Waals surface area contributed by atoms with E-state index in [-0.39, 0.29) is 11.8 Å². The summed E-state index contributed by atoms with van der Waals surface area (Å²) in [6.45, 7) is 4.35. The molecule has 7 heteroatoms. The second-order valence-electron chi connectivity index (χ2n) is 7.17. The van der Waals surface area contributed by atoms with Gasteiger partial charge >= 0.3 is 0 Å². The van der Waals surface area contributed by atoms with Gasteiger partial charge in [-0.3, -0.25) is 14.3 Å². The van der Waals surface area contributed by atoms with Crippen LogP contribution >= 0.6 is 0 Å². The average molecular weight is 384 g/mol. The van der Waals surface area contributed by atoms with Crippen molar-refractivity contribution in [1.82, 2.24) is 19.6 Å². The van der Waals surface area contributed by atoms with Gasteiger partial charge in [0.25, 0.3) is 5.91 Å². The third kappa shape index (κ3) is 4.71. The number of hydrogen-bond acceptors (Lipinski definition) is 4. The smallest absolute Gasteiger partial charge is 0.272 e. The Morgan fingerprint density at radius 2 is 1.75 bits per heavy atom. The van der Waals surface area contributed by atoms with Gasteiger partial charge in [0, 0.05) is 39.6 Å². The fourth-order valence-electron chi connectivity index (χ4n) is 3.54. The fourth-order valence-corrected chi connectivity index (χ4v) is 3.54. The molecule has 0 bridgehead atoms. The maximum Gasteiger partial charge on any atom is 0.272 e. The summed E-state index contributed by atoms with van der Waals surface area (Å²) in [5.41, 5.74) is 2.54. The van der Waals surface area contributed by atoms with Crippen molar-refractivity contribution in [3.8, 4) is 5.75 Å². The van der Waals surface area contributed by atoms with Crippen molar-refractivity contribution in [1.29, 1.82) is 0 Å². The Morgan fingerprint density at radius 1 is 1.07 bits per heavy atom. The highest BCUT2D eigenvalue weighted by Gasteiger charge is 2.24. The molecule has 0 spiro atoms. The third-order valence-electron chi connectivity index (χ3n) is 5.14. The van der Waals surface area contributed by atoms with E-state index in [2.05, 4.69) is 5.10 Å². The molecule has 7 nitrogen and oxygen atoms in total.